The summed E-state index contributed by atoms with van der Waals surface area (Å²) in [5.74, 6) is 0. The summed E-state index contributed by atoms with van der Waals surface area (Å²) in [4.78, 5) is 2.38. The lowest BCUT2D eigenvalue weighted by molar-refractivity contribution is 0.124. The zero-order valence-electron chi connectivity index (χ0n) is 12.3. The number of hydrogen-bond acceptors (Lipinski definition) is 3. The van der Waals surface area contributed by atoms with E-state index in [1.54, 1.807) is 0 Å². The summed E-state index contributed by atoms with van der Waals surface area (Å²) in [7, 11) is 2.00. The second-order valence-electron chi connectivity index (χ2n) is 5.62. The van der Waals surface area contributed by atoms with E-state index in [1.165, 1.54) is 10.9 Å². The van der Waals surface area contributed by atoms with Gasteiger partial charge in [-0.3, -0.25) is 9.58 Å². The molecule has 4 nitrogen and oxygen atoms in total. The van der Waals surface area contributed by atoms with E-state index >= 15 is 0 Å². The lowest BCUT2D eigenvalue weighted by atomic mass is 10.0. The summed E-state index contributed by atoms with van der Waals surface area (Å²) < 4.78 is 1.95. The van der Waals surface area contributed by atoms with Crippen molar-refractivity contribution in [3.63, 3.8) is 0 Å². The monoisotopic (exact) mass is 260 g/mol. The van der Waals surface area contributed by atoms with Crippen LogP contribution in [0.25, 0.3) is 10.9 Å². The molecule has 0 saturated carbocycles. The van der Waals surface area contributed by atoms with Crippen LogP contribution < -0.4 is 5.73 Å². The number of benzene rings is 1. The van der Waals surface area contributed by atoms with Gasteiger partial charge in [-0.05, 0) is 26.5 Å². The second-order valence-corrected chi connectivity index (χ2v) is 5.62. The first-order chi connectivity index (χ1) is 8.99. The van der Waals surface area contributed by atoms with Crippen molar-refractivity contribution in [1.82, 2.24) is 14.7 Å². The minimum Gasteiger partial charge on any atom is -0.329 e. The van der Waals surface area contributed by atoms with Crippen LogP contribution in [0.1, 0.15) is 26.5 Å². The molecule has 0 spiro atoms. The molecule has 2 rings (SSSR count). The minimum absolute atomic E-state index is 0.00657. The maximum atomic E-state index is 5.89. The van der Waals surface area contributed by atoms with Gasteiger partial charge in [0.05, 0.1) is 11.2 Å². The Hall–Kier alpha value is -1.39. The van der Waals surface area contributed by atoms with Crippen LogP contribution in [0.15, 0.2) is 24.3 Å². The van der Waals surface area contributed by atoms with Crippen molar-refractivity contribution in [3.8, 4) is 0 Å². The van der Waals surface area contributed by atoms with Crippen LogP contribution in [-0.2, 0) is 13.6 Å². The first-order valence-electron chi connectivity index (χ1n) is 6.85. The van der Waals surface area contributed by atoms with E-state index in [2.05, 4.69) is 55.0 Å². The Bertz CT molecular complexity index is 556. The molecule has 1 aromatic heterocycles. The third kappa shape index (κ3) is 2.65. The van der Waals surface area contributed by atoms with Crippen molar-refractivity contribution in [2.45, 2.75) is 32.9 Å². The molecule has 0 aliphatic carbocycles. The lowest BCUT2D eigenvalue weighted by Crippen LogP contribution is -2.48. The number of aromatic nitrogens is 2. The molecule has 0 unspecified atom stereocenters. The predicted octanol–water partition coefficient (Wildman–Crippen LogP) is 2.13. The molecule has 1 heterocycles. The van der Waals surface area contributed by atoms with Gasteiger partial charge in [-0.2, -0.15) is 5.10 Å². The molecule has 2 N–H and O–H groups in total. The number of likely N-dealkylation sites (N-methyl/N-ethyl adjacent to an activating group) is 1. The van der Waals surface area contributed by atoms with Gasteiger partial charge in [-0.1, -0.05) is 25.1 Å². The Morgan fingerprint density at radius 2 is 2.00 bits per heavy atom. The maximum absolute atomic E-state index is 5.89. The van der Waals surface area contributed by atoms with Crippen molar-refractivity contribution in [2.75, 3.05) is 13.1 Å². The summed E-state index contributed by atoms with van der Waals surface area (Å²) in [6.45, 7) is 8.98. The SMILES string of the molecule is CCN(Cc1nn(C)c2ccccc12)C(C)(C)CN. The molecular weight excluding hydrogens is 236 g/mol. The van der Waals surface area contributed by atoms with Crippen molar-refractivity contribution in [3.05, 3.63) is 30.0 Å². The van der Waals surface area contributed by atoms with Gasteiger partial charge in [0, 0.05) is 31.1 Å². The standard InChI is InChI=1S/C15H24N4/c1-5-19(15(2,3)11-16)10-13-12-8-6-7-9-14(12)18(4)17-13/h6-9H,5,10-11,16H2,1-4H3. The summed E-state index contributed by atoms with van der Waals surface area (Å²) in [5, 5.41) is 5.89. The third-order valence-electron chi connectivity index (χ3n) is 3.91. The molecule has 0 aliphatic heterocycles. The highest BCUT2D eigenvalue weighted by Crippen LogP contribution is 2.22. The van der Waals surface area contributed by atoms with Crippen LogP contribution in [0.3, 0.4) is 0 Å². The molecule has 19 heavy (non-hydrogen) atoms. The topological polar surface area (TPSA) is 47.1 Å². The van der Waals surface area contributed by atoms with Gasteiger partial charge in [-0.25, -0.2) is 0 Å². The summed E-state index contributed by atoms with van der Waals surface area (Å²) in [6, 6.07) is 8.37. The smallest absolute Gasteiger partial charge is 0.0843 e. The van der Waals surface area contributed by atoms with E-state index in [1.807, 2.05) is 11.7 Å². The molecular formula is C15H24N4. The molecule has 0 aliphatic rings. The molecule has 1 aromatic carbocycles. The van der Waals surface area contributed by atoms with Crippen LogP contribution in [0, 0.1) is 0 Å². The van der Waals surface area contributed by atoms with E-state index < -0.39 is 0 Å². The van der Waals surface area contributed by atoms with Crippen molar-refractivity contribution in [2.24, 2.45) is 12.8 Å². The maximum Gasteiger partial charge on any atom is 0.0843 e. The number of nitrogens with two attached hydrogens (primary N) is 1. The van der Waals surface area contributed by atoms with Gasteiger partial charge in [0.1, 0.15) is 0 Å². The molecule has 0 atom stereocenters. The van der Waals surface area contributed by atoms with Gasteiger partial charge < -0.3 is 5.73 Å². The number of hydrogen-bond donors (Lipinski definition) is 1. The van der Waals surface area contributed by atoms with Crippen molar-refractivity contribution in [1.29, 1.82) is 0 Å². The number of rotatable bonds is 5. The fourth-order valence-corrected chi connectivity index (χ4v) is 2.47. The first kappa shape index (κ1) is 14.0. The van der Waals surface area contributed by atoms with E-state index in [0.717, 1.165) is 18.8 Å². The molecule has 0 amide bonds. The molecule has 4 heteroatoms. The first-order valence-corrected chi connectivity index (χ1v) is 6.85. The highest BCUT2D eigenvalue weighted by molar-refractivity contribution is 5.81. The largest absolute Gasteiger partial charge is 0.329 e. The second kappa shape index (κ2) is 5.31. The zero-order chi connectivity index (χ0) is 14.0. The van der Waals surface area contributed by atoms with Gasteiger partial charge in [-0.15, -0.1) is 0 Å². The Morgan fingerprint density at radius 1 is 1.32 bits per heavy atom. The Kier molecular flexibility index (Phi) is 3.92. The molecule has 104 valence electrons. The van der Waals surface area contributed by atoms with E-state index in [0.29, 0.717) is 6.54 Å². The Balaban J connectivity index is 2.35. The van der Waals surface area contributed by atoms with Crippen LogP contribution in [-0.4, -0.2) is 33.3 Å². The predicted molar refractivity (Wildman–Crippen MR) is 79.9 cm³/mol. The van der Waals surface area contributed by atoms with Crippen LogP contribution in [0.5, 0.6) is 0 Å². The highest BCUT2D eigenvalue weighted by Gasteiger charge is 2.25. The van der Waals surface area contributed by atoms with Gasteiger partial charge in [0.15, 0.2) is 0 Å². The number of para-hydroxylation sites is 1. The Morgan fingerprint density at radius 3 is 2.63 bits per heavy atom. The van der Waals surface area contributed by atoms with Gasteiger partial charge >= 0.3 is 0 Å². The van der Waals surface area contributed by atoms with Crippen molar-refractivity contribution < 1.29 is 0 Å². The third-order valence-corrected chi connectivity index (χ3v) is 3.91. The fourth-order valence-electron chi connectivity index (χ4n) is 2.47. The highest BCUT2D eigenvalue weighted by atomic mass is 15.3. The Labute approximate surface area is 115 Å². The van der Waals surface area contributed by atoms with Gasteiger partial charge in [0.25, 0.3) is 0 Å². The molecule has 0 saturated heterocycles. The minimum atomic E-state index is -0.00657. The number of nitrogens with zero attached hydrogens (tertiary/aromatic N) is 3. The summed E-state index contributed by atoms with van der Waals surface area (Å²) in [6.07, 6.45) is 0. The van der Waals surface area contributed by atoms with Crippen LogP contribution in [0.4, 0.5) is 0 Å². The summed E-state index contributed by atoms with van der Waals surface area (Å²) in [5.41, 5.74) is 8.19. The van der Waals surface area contributed by atoms with Crippen molar-refractivity contribution >= 4 is 10.9 Å². The molecule has 2 aromatic rings. The average molecular weight is 260 g/mol. The van der Waals surface area contributed by atoms with E-state index in [9.17, 15) is 0 Å². The number of fused-ring (bicyclic) bond motifs is 1. The lowest BCUT2D eigenvalue weighted by Gasteiger charge is -2.36. The van der Waals surface area contributed by atoms with E-state index in [-0.39, 0.29) is 5.54 Å². The average Bonchev–Trinajstić information content (AvgIpc) is 2.73. The quantitative estimate of drug-likeness (QED) is 0.896. The molecule has 0 bridgehead atoms. The summed E-state index contributed by atoms with van der Waals surface area (Å²) >= 11 is 0. The molecule has 0 radical (unpaired) electrons. The van der Waals surface area contributed by atoms with Crippen LogP contribution >= 0.6 is 0 Å². The zero-order valence-corrected chi connectivity index (χ0v) is 12.3. The van der Waals surface area contributed by atoms with Crippen LogP contribution in [0.2, 0.25) is 0 Å². The van der Waals surface area contributed by atoms with Gasteiger partial charge in [0.2, 0.25) is 0 Å². The molecule has 0 fully saturated rings. The normalized spacial score (nSPS) is 12.5. The number of aryl methyl sites for hydroxylation is 1. The van der Waals surface area contributed by atoms with E-state index in [4.69, 9.17) is 5.73 Å². The fraction of sp³-hybridized carbons (Fsp3) is 0.533.